The summed E-state index contributed by atoms with van der Waals surface area (Å²) in [5, 5.41) is 3.39. The number of nitrogens with one attached hydrogen (secondary N) is 1. The van der Waals surface area contributed by atoms with Gasteiger partial charge in [0.25, 0.3) is 0 Å². The monoisotopic (exact) mass is 266 g/mol. The van der Waals surface area contributed by atoms with Crippen LogP contribution in [0.2, 0.25) is 0 Å². The summed E-state index contributed by atoms with van der Waals surface area (Å²) in [6.07, 6.45) is 5.92. The molecule has 0 aromatic carbocycles. The molecule has 0 amide bonds. The van der Waals surface area contributed by atoms with Crippen molar-refractivity contribution < 1.29 is 0 Å². The molecule has 5 heteroatoms. The van der Waals surface area contributed by atoms with Gasteiger partial charge in [-0.15, -0.1) is 12.4 Å². The fourth-order valence-electron chi connectivity index (χ4n) is 2.47. The highest BCUT2D eigenvalue weighted by molar-refractivity contribution is 5.85. The molecule has 2 aromatic heterocycles. The minimum absolute atomic E-state index is 0. The molecule has 0 aliphatic carbocycles. The fraction of sp³-hybridized carbons (Fsp3) is 0.462. The Morgan fingerprint density at radius 2 is 2.06 bits per heavy atom. The number of imidazole rings is 1. The van der Waals surface area contributed by atoms with Crippen molar-refractivity contribution in [1.82, 2.24) is 19.6 Å². The fourth-order valence-corrected chi connectivity index (χ4v) is 2.47. The molecule has 98 valence electrons. The van der Waals surface area contributed by atoms with E-state index in [1.54, 1.807) is 0 Å². The lowest BCUT2D eigenvalue weighted by atomic mass is 10.1. The van der Waals surface area contributed by atoms with Crippen LogP contribution < -0.4 is 5.32 Å². The van der Waals surface area contributed by atoms with Gasteiger partial charge in [0.1, 0.15) is 5.65 Å². The predicted molar refractivity (Wildman–Crippen MR) is 75.3 cm³/mol. The van der Waals surface area contributed by atoms with Gasteiger partial charge in [-0.1, -0.05) is 0 Å². The van der Waals surface area contributed by atoms with E-state index in [1.165, 1.54) is 5.56 Å². The van der Waals surface area contributed by atoms with Crippen LogP contribution in [-0.2, 0) is 0 Å². The summed E-state index contributed by atoms with van der Waals surface area (Å²) >= 11 is 0. The number of piperazine rings is 1. The smallest absolute Gasteiger partial charge is 0.136 e. The summed E-state index contributed by atoms with van der Waals surface area (Å²) in [7, 11) is 0. The molecule has 0 radical (unpaired) electrons. The number of halogens is 1. The number of fused-ring (bicyclic) bond motifs is 1. The van der Waals surface area contributed by atoms with E-state index in [4.69, 9.17) is 0 Å². The van der Waals surface area contributed by atoms with Crippen LogP contribution in [0.25, 0.3) is 5.65 Å². The van der Waals surface area contributed by atoms with E-state index in [0.29, 0.717) is 6.04 Å². The topological polar surface area (TPSA) is 32.6 Å². The van der Waals surface area contributed by atoms with Crippen LogP contribution >= 0.6 is 12.4 Å². The van der Waals surface area contributed by atoms with Gasteiger partial charge in [0.15, 0.2) is 0 Å². The molecule has 0 bridgehead atoms. The molecule has 0 spiro atoms. The number of pyridine rings is 1. The Hall–Kier alpha value is -1.10. The third kappa shape index (κ3) is 2.51. The molecule has 1 N–H and O–H groups in total. The second-order valence-electron chi connectivity index (χ2n) is 4.61. The maximum Gasteiger partial charge on any atom is 0.136 e. The van der Waals surface area contributed by atoms with Gasteiger partial charge in [-0.25, -0.2) is 4.98 Å². The second kappa shape index (κ2) is 5.69. The van der Waals surface area contributed by atoms with Crippen molar-refractivity contribution in [2.75, 3.05) is 26.2 Å². The molecule has 1 aliphatic heterocycles. The standard InChI is InChI=1S/C13H18N4.ClH/c1-11(16-7-3-14-4-8-16)12-2-6-17-9-5-15-13(17)10-12;/h2,5-6,9-11,14H,3-4,7-8H2,1H3;1H. The van der Waals surface area contributed by atoms with Gasteiger partial charge >= 0.3 is 0 Å². The highest BCUT2D eigenvalue weighted by atomic mass is 35.5. The lowest BCUT2D eigenvalue weighted by Crippen LogP contribution is -2.44. The average molecular weight is 267 g/mol. The number of hydrogen-bond acceptors (Lipinski definition) is 3. The number of hydrogen-bond donors (Lipinski definition) is 1. The maximum absolute atomic E-state index is 4.34. The van der Waals surface area contributed by atoms with Crippen molar-refractivity contribution in [3.8, 4) is 0 Å². The first-order valence-corrected chi connectivity index (χ1v) is 6.22. The van der Waals surface area contributed by atoms with Gasteiger partial charge in [-0.3, -0.25) is 4.90 Å². The number of aromatic nitrogens is 2. The summed E-state index contributed by atoms with van der Waals surface area (Å²) in [4.78, 5) is 6.86. The molecule has 1 fully saturated rings. The zero-order chi connectivity index (χ0) is 11.7. The molecular weight excluding hydrogens is 248 g/mol. The number of rotatable bonds is 2. The maximum atomic E-state index is 4.34. The molecule has 0 saturated carbocycles. The summed E-state index contributed by atoms with van der Waals surface area (Å²) in [6, 6.07) is 4.85. The second-order valence-corrected chi connectivity index (χ2v) is 4.61. The van der Waals surface area contributed by atoms with Gasteiger partial charge in [0.05, 0.1) is 0 Å². The zero-order valence-corrected chi connectivity index (χ0v) is 11.4. The Kier molecular flexibility index (Phi) is 4.22. The van der Waals surface area contributed by atoms with Crippen LogP contribution in [0.3, 0.4) is 0 Å². The van der Waals surface area contributed by atoms with Gasteiger partial charge in [0.2, 0.25) is 0 Å². The van der Waals surface area contributed by atoms with Crippen LogP contribution in [-0.4, -0.2) is 40.5 Å². The van der Waals surface area contributed by atoms with E-state index < -0.39 is 0 Å². The number of nitrogens with zero attached hydrogens (tertiary/aromatic N) is 3. The molecule has 4 nitrogen and oxygen atoms in total. The van der Waals surface area contributed by atoms with E-state index in [9.17, 15) is 0 Å². The molecule has 3 rings (SSSR count). The first-order valence-electron chi connectivity index (χ1n) is 6.22. The largest absolute Gasteiger partial charge is 0.314 e. The van der Waals surface area contributed by atoms with Crippen LogP contribution in [0.4, 0.5) is 0 Å². The summed E-state index contributed by atoms with van der Waals surface area (Å²) in [6.45, 7) is 6.72. The molecule has 3 heterocycles. The molecule has 1 unspecified atom stereocenters. The lowest BCUT2D eigenvalue weighted by Gasteiger charge is -2.33. The van der Waals surface area contributed by atoms with Gasteiger partial charge in [-0.2, -0.15) is 0 Å². The molecule has 1 atom stereocenters. The van der Waals surface area contributed by atoms with Crippen LogP contribution in [0, 0.1) is 0 Å². The Labute approximate surface area is 113 Å². The Balaban J connectivity index is 0.00000120. The quantitative estimate of drug-likeness (QED) is 0.899. The van der Waals surface area contributed by atoms with Crippen molar-refractivity contribution >= 4 is 18.1 Å². The average Bonchev–Trinajstić information content (AvgIpc) is 2.86. The Bertz CT molecular complexity index is 504. The summed E-state index contributed by atoms with van der Waals surface area (Å²) in [5.41, 5.74) is 2.38. The van der Waals surface area contributed by atoms with Crippen molar-refractivity contribution in [1.29, 1.82) is 0 Å². The third-order valence-corrected chi connectivity index (χ3v) is 3.60. The van der Waals surface area contributed by atoms with Crippen LogP contribution in [0.15, 0.2) is 30.7 Å². The van der Waals surface area contributed by atoms with E-state index in [0.717, 1.165) is 31.8 Å². The molecule has 18 heavy (non-hydrogen) atoms. The highest BCUT2D eigenvalue weighted by Crippen LogP contribution is 2.21. The van der Waals surface area contributed by atoms with E-state index in [-0.39, 0.29) is 12.4 Å². The van der Waals surface area contributed by atoms with Crippen molar-refractivity contribution in [2.45, 2.75) is 13.0 Å². The molecule has 1 saturated heterocycles. The Morgan fingerprint density at radius 3 is 2.83 bits per heavy atom. The minimum Gasteiger partial charge on any atom is -0.314 e. The first-order chi connectivity index (χ1) is 8.34. The zero-order valence-electron chi connectivity index (χ0n) is 10.5. The van der Waals surface area contributed by atoms with Crippen molar-refractivity contribution in [3.63, 3.8) is 0 Å². The van der Waals surface area contributed by atoms with E-state index in [2.05, 4.69) is 40.5 Å². The van der Waals surface area contributed by atoms with Crippen LogP contribution in [0.1, 0.15) is 18.5 Å². The molecular formula is C13H19ClN4. The van der Waals surface area contributed by atoms with E-state index >= 15 is 0 Å². The highest BCUT2D eigenvalue weighted by Gasteiger charge is 2.18. The van der Waals surface area contributed by atoms with Gasteiger partial charge in [0, 0.05) is 50.8 Å². The lowest BCUT2D eigenvalue weighted by molar-refractivity contribution is 0.185. The minimum atomic E-state index is 0. The van der Waals surface area contributed by atoms with Crippen molar-refractivity contribution in [3.05, 3.63) is 36.3 Å². The van der Waals surface area contributed by atoms with Crippen molar-refractivity contribution in [2.24, 2.45) is 0 Å². The third-order valence-electron chi connectivity index (χ3n) is 3.60. The SMILES string of the molecule is CC(c1ccn2ccnc2c1)N1CCNCC1.Cl. The van der Waals surface area contributed by atoms with Gasteiger partial charge in [-0.05, 0) is 24.6 Å². The molecule has 2 aromatic rings. The first kappa shape index (κ1) is 13.3. The summed E-state index contributed by atoms with van der Waals surface area (Å²) in [5.74, 6) is 0. The van der Waals surface area contributed by atoms with Crippen LogP contribution in [0.5, 0.6) is 0 Å². The molecule has 1 aliphatic rings. The van der Waals surface area contributed by atoms with E-state index in [1.807, 2.05) is 16.8 Å². The summed E-state index contributed by atoms with van der Waals surface area (Å²) < 4.78 is 2.05. The normalized spacial score (nSPS) is 18.5. The van der Waals surface area contributed by atoms with Gasteiger partial charge < -0.3 is 9.72 Å². The predicted octanol–water partition coefficient (Wildman–Crippen LogP) is 1.72. The Morgan fingerprint density at radius 1 is 1.28 bits per heavy atom.